The largest absolute Gasteiger partial charge is 0.357 e. The van der Waals surface area contributed by atoms with Crippen LogP contribution in [0.15, 0.2) is 18.3 Å². The Morgan fingerprint density at radius 3 is 2.38 bits per heavy atom. The van der Waals surface area contributed by atoms with Crippen molar-refractivity contribution in [3.8, 4) is 0 Å². The molecule has 0 atom stereocenters. The van der Waals surface area contributed by atoms with E-state index < -0.39 is 0 Å². The van der Waals surface area contributed by atoms with Gasteiger partial charge in [0.1, 0.15) is 5.82 Å². The lowest BCUT2D eigenvalue weighted by atomic mass is 9.71. The summed E-state index contributed by atoms with van der Waals surface area (Å²) in [5, 5.41) is 3.05. The van der Waals surface area contributed by atoms with Crippen LogP contribution in [0.2, 0.25) is 0 Å². The molecule has 1 saturated heterocycles. The number of halogens is 2. The molecule has 1 amide bonds. The number of aromatic nitrogens is 1. The average molecular weight is 403 g/mol. The van der Waals surface area contributed by atoms with E-state index in [-0.39, 0.29) is 36.1 Å². The Bertz CT molecular complexity index is 541. The summed E-state index contributed by atoms with van der Waals surface area (Å²) in [4.78, 5) is 19.2. The second-order valence-corrected chi connectivity index (χ2v) is 7.44. The van der Waals surface area contributed by atoms with Crippen molar-refractivity contribution in [2.45, 2.75) is 57.9 Å². The highest BCUT2D eigenvalue weighted by molar-refractivity contribution is 5.85. The van der Waals surface area contributed by atoms with Gasteiger partial charge in [0.15, 0.2) is 0 Å². The number of carbonyl (C=O) groups is 1. The SMILES string of the molecule is Cl.Cl.NCC1(CC(=O)NCc2ccc(N3CCCC3)nc2)CCCCC1. The van der Waals surface area contributed by atoms with E-state index in [0.717, 1.165) is 37.3 Å². The molecule has 0 spiro atoms. The topological polar surface area (TPSA) is 71.2 Å². The predicted molar refractivity (Wildman–Crippen MR) is 111 cm³/mol. The zero-order valence-electron chi connectivity index (χ0n) is 15.4. The van der Waals surface area contributed by atoms with E-state index in [4.69, 9.17) is 5.73 Å². The Balaban J connectivity index is 0.00000169. The number of amides is 1. The van der Waals surface area contributed by atoms with Crippen LogP contribution in [0.5, 0.6) is 0 Å². The zero-order valence-corrected chi connectivity index (χ0v) is 17.0. The summed E-state index contributed by atoms with van der Waals surface area (Å²) in [5.41, 5.74) is 7.06. The van der Waals surface area contributed by atoms with Crippen LogP contribution in [0.3, 0.4) is 0 Å². The van der Waals surface area contributed by atoms with Crippen molar-refractivity contribution in [2.24, 2.45) is 11.1 Å². The van der Waals surface area contributed by atoms with Crippen molar-refractivity contribution >= 4 is 36.5 Å². The van der Waals surface area contributed by atoms with E-state index in [0.29, 0.717) is 19.5 Å². The number of nitrogens with two attached hydrogens (primary N) is 1. The fourth-order valence-electron chi connectivity index (χ4n) is 4.01. The van der Waals surface area contributed by atoms with E-state index in [9.17, 15) is 4.79 Å². The quantitative estimate of drug-likeness (QED) is 0.763. The lowest BCUT2D eigenvalue weighted by Crippen LogP contribution is -2.38. The molecule has 2 aliphatic rings. The molecule has 1 aliphatic heterocycles. The summed E-state index contributed by atoms with van der Waals surface area (Å²) in [6, 6.07) is 4.13. The zero-order chi connectivity index (χ0) is 16.8. The van der Waals surface area contributed by atoms with Gasteiger partial charge in [-0.15, -0.1) is 24.8 Å². The highest BCUT2D eigenvalue weighted by Crippen LogP contribution is 2.38. The molecule has 0 aromatic carbocycles. The van der Waals surface area contributed by atoms with Crippen LogP contribution < -0.4 is 16.0 Å². The molecule has 26 heavy (non-hydrogen) atoms. The van der Waals surface area contributed by atoms with Gasteiger partial charge in [-0.05, 0) is 49.3 Å². The van der Waals surface area contributed by atoms with E-state index in [1.165, 1.54) is 32.1 Å². The standard InChI is InChI=1S/C19H30N4O.2ClH/c20-15-19(8-2-1-3-9-19)12-18(24)22-14-16-6-7-17(21-13-16)23-10-4-5-11-23;;/h6-7,13H,1-5,8-12,14-15,20H2,(H,22,24);2*1H. The summed E-state index contributed by atoms with van der Waals surface area (Å²) >= 11 is 0. The smallest absolute Gasteiger partial charge is 0.220 e. The third kappa shape index (κ3) is 6.00. The maximum atomic E-state index is 12.3. The van der Waals surface area contributed by atoms with Gasteiger partial charge in [0, 0.05) is 32.3 Å². The number of nitrogens with one attached hydrogen (secondary N) is 1. The van der Waals surface area contributed by atoms with Gasteiger partial charge < -0.3 is 16.0 Å². The number of pyridine rings is 1. The average Bonchev–Trinajstić information content (AvgIpc) is 3.16. The molecule has 1 aromatic rings. The van der Waals surface area contributed by atoms with Crippen LogP contribution in [-0.4, -0.2) is 30.5 Å². The van der Waals surface area contributed by atoms with Crippen LogP contribution in [0.25, 0.3) is 0 Å². The molecule has 0 bridgehead atoms. The van der Waals surface area contributed by atoms with Gasteiger partial charge in [-0.25, -0.2) is 4.98 Å². The molecule has 0 radical (unpaired) electrons. The first-order valence-electron chi connectivity index (χ1n) is 9.37. The highest BCUT2D eigenvalue weighted by Gasteiger charge is 2.32. The van der Waals surface area contributed by atoms with Crippen molar-refractivity contribution in [3.05, 3.63) is 23.9 Å². The number of hydrogen-bond donors (Lipinski definition) is 2. The maximum Gasteiger partial charge on any atom is 0.220 e. The molecule has 1 saturated carbocycles. The van der Waals surface area contributed by atoms with Crippen LogP contribution in [-0.2, 0) is 11.3 Å². The molecule has 3 N–H and O–H groups in total. The Morgan fingerprint density at radius 1 is 1.12 bits per heavy atom. The number of carbonyl (C=O) groups excluding carboxylic acids is 1. The van der Waals surface area contributed by atoms with Crippen molar-refractivity contribution < 1.29 is 4.79 Å². The molecule has 5 nitrogen and oxygen atoms in total. The number of nitrogens with zero attached hydrogens (tertiary/aromatic N) is 2. The molecular weight excluding hydrogens is 371 g/mol. The Morgan fingerprint density at radius 2 is 1.81 bits per heavy atom. The van der Waals surface area contributed by atoms with Crippen molar-refractivity contribution in [3.63, 3.8) is 0 Å². The minimum absolute atomic E-state index is 0. The summed E-state index contributed by atoms with van der Waals surface area (Å²) < 4.78 is 0. The van der Waals surface area contributed by atoms with E-state index in [2.05, 4.69) is 27.3 Å². The van der Waals surface area contributed by atoms with Crippen LogP contribution in [0.4, 0.5) is 5.82 Å². The van der Waals surface area contributed by atoms with Crippen molar-refractivity contribution in [1.29, 1.82) is 0 Å². The molecule has 1 aliphatic carbocycles. The molecular formula is C19H32Cl2N4O. The Hall–Kier alpha value is -1.04. The molecule has 3 rings (SSSR count). The monoisotopic (exact) mass is 402 g/mol. The molecule has 2 fully saturated rings. The van der Waals surface area contributed by atoms with Crippen LogP contribution >= 0.6 is 24.8 Å². The number of anilines is 1. The van der Waals surface area contributed by atoms with E-state index >= 15 is 0 Å². The lowest BCUT2D eigenvalue weighted by molar-refractivity contribution is -0.124. The predicted octanol–water partition coefficient (Wildman–Crippen LogP) is 3.44. The minimum Gasteiger partial charge on any atom is -0.357 e. The van der Waals surface area contributed by atoms with Gasteiger partial charge in [0.2, 0.25) is 5.91 Å². The number of hydrogen-bond acceptors (Lipinski definition) is 4. The molecule has 148 valence electrons. The maximum absolute atomic E-state index is 12.3. The molecule has 7 heteroatoms. The third-order valence-corrected chi connectivity index (χ3v) is 5.61. The Kier molecular flexibility index (Phi) is 9.69. The van der Waals surface area contributed by atoms with Crippen molar-refractivity contribution in [1.82, 2.24) is 10.3 Å². The van der Waals surface area contributed by atoms with Gasteiger partial charge in [0.05, 0.1) is 0 Å². The van der Waals surface area contributed by atoms with Gasteiger partial charge >= 0.3 is 0 Å². The molecule has 2 heterocycles. The first-order valence-corrected chi connectivity index (χ1v) is 9.37. The highest BCUT2D eigenvalue weighted by atomic mass is 35.5. The summed E-state index contributed by atoms with van der Waals surface area (Å²) in [6.07, 6.45) is 10.8. The lowest BCUT2D eigenvalue weighted by Gasteiger charge is -2.35. The third-order valence-electron chi connectivity index (χ3n) is 5.61. The van der Waals surface area contributed by atoms with E-state index in [1.807, 2.05) is 6.20 Å². The minimum atomic E-state index is 0. The molecule has 0 unspecified atom stereocenters. The second-order valence-electron chi connectivity index (χ2n) is 7.44. The van der Waals surface area contributed by atoms with Gasteiger partial charge in [-0.1, -0.05) is 25.3 Å². The second kappa shape index (κ2) is 11.0. The van der Waals surface area contributed by atoms with Gasteiger partial charge in [-0.3, -0.25) is 4.79 Å². The molecule has 1 aromatic heterocycles. The van der Waals surface area contributed by atoms with Crippen LogP contribution in [0, 0.1) is 5.41 Å². The van der Waals surface area contributed by atoms with Crippen molar-refractivity contribution in [2.75, 3.05) is 24.5 Å². The summed E-state index contributed by atoms with van der Waals surface area (Å²) in [5.74, 6) is 1.16. The first kappa shape index (κ1) is 23.0. The van der Waals surface area contributed by atoms with Crippen LogP contribution in [0.1, 0.15) is 56.9 Å². The fraction of sp³-hybridized carbons (Fsp3) is 0.684. The first-order chi connectivity index (χ1) is 11.7. The normalized spacial score (nSPS) is 18.6. The number of rotatable bonds is 6. The fourth-order valence-corrected chi connectivity index (χ4v) is 4.01. The van der Waals surface area contributed by atoms with Gasteiger partial charge in [0.25, 0.3) is 0 Å². The summed E-state index contributed by atoms with van der Waals surface area (Å²) in [7, 11) is 0. The van der Waals surface area contributed by atoms with Gasteiger partial charge in [-0.2, -0.15) is 0 Å². The summed E-state index contributed by atoms with van der Waals surface area (Å²) in [6.45, 7) is 3.37. The Labute approximate surface area is 169 Å². The van der Waals surface area contributed by atoms with E-state index in [1.54, 1.807) is 0 Å².